The fourth-order valence-corrected chi connectivity index (χ4v) is 1.13. The van der Waals surface area contributed by atoms with Gasteiger partial charge in [-0.3, -0.25) is 14.7 Å². The lowest BCUT2D eigenvalue weighted by molar-refractivity contribution is -0.118. The summed E-state index contributed by atoms with van der Waals surface area (Å²) in [5.41, 5.74) is 10.6. The molecule has 0 unspecified atom stereocenters. The predicted molar refractivity (Wildman–Crippen MR) is 53.8 cm³/mol. The van der Waals surface area contributed by atoms with Gasteiger partial charge < -0.3 is 16.4 Å². The number of anilines is 1. The summed E-state index contributed by atoms with van der Waals surface area (Å²) < 4.78 is 0. The van der Waals surface area contributed by atoms with E-state index in [1.54, 1.807) is 6.92 Å². The van der Waals surface area contributed by atoms with Crippen LogP contribution in [0.1, 0.15) is 17.4 Å². The molecular weight excluding hydrogens is 198 g/mol. The molecule has 82 valence electrons. The van der Waals surface area contributed by atoms with Crippen LogP contribution in [0.3, 0.4) is 0 Å². The van der Waals surface area contributed by atoms with Crippen molar-refractivity contribution in [3.8, 4) is 0 Å². The van der Waals surface area contributed by atoms with E-state index in [0.29, 0.717) is 6.54 Å². The highest BCUT2D eigenvalue weighted by Crippen LogP contribution is 2.04. The Morgan fingerprint density at radius 3 is 2.67 bits per heavy atom. The van der Waals surface area contributed by atoms with Gasteiger partial charge in [0.25, 0.3) is 5.91 Å². The minimum atomic E-state index is -0.558. The summed E-state index contributed by atoms with van der Waals surface area (Å²) in [4.78, 5) is 23.7. The summed E-state index contributed by atoms with van der Waals surface area (Å²) in [6.45, 7) is 2.02. The average molecular weight is 211 g/mol. The fourth-order valence-electron chi connectivity index (χ4n) is 1.13. The Morgan fingerprint density at radius 2 is 2.27 bits per heavy atom. The summed E-state index contributed by atoms with van der Waals surface area (Å²) in [7, 11) is 0. The van der Waals surface area contributed by atoms with Crippen molar-refractivity contribution in [1.82, 2.24) is 15.1 Å². The molecule has 0 aliphatic carbocycles. The van der Waals surface area contributed by atoms with Crippen LogP contribution in [0, 0.1) is 0 Å². The number of hydrogen-bond donors (Lipinski definition) is 3. The van der Waals surface area contributed by atoms with E-state index in [4.69, 9.17) is 11.5 Å². The van der Waals surface area contributed by atoms with Gasteiger partial charge in [-0.1, -0.05) is 0 Å². The second kappa shape index (κ2) is 4.45. The van der Waals surface area contributed by atoms with Crippen molar-refractivity contribution in [2.75, 3.05) is 18.8 Å². The Bertz CT molecular complexity index is 373. The van der Waals surface area contributed by atoms with Gasteiger partial charge in [-0.2, -0.15) is 5.10 Å². The van der Waals surface area contributed by atoms with Gasteiger partial charge in [0.15, 0.2) is 0 Å². The third-order valence-electron chi connectivity index (χ3n) is 1.84. The van der Waals surface area contributed by atoms with Gasteiger partial charge in [0, 0.05) is 12.6 Å². The number of carbonyl (C=O) groups excluding carboxylic acids is 2. The highest BCUT2D eigenvalue weighted by molar-refractivity contribution is 5.95. The number of nitrogens with two attached hydrogens (primary N) is 2. The van der Waals surface area contributed by atoms with Crippen LogP contribution in [-0.4, -0.2) is 40.0 Å². The summed E-state index contributed by atoms with van der Waals surface area (Å²) in [5, 5.41) is 6.10. The maximum atomic E-state index is 11.7. The summed E-state index contributed by atoms with van der Waals surface area (Å²) >= 11 is 0. The lowest BCUT2D eigenvalue weighted by atomic mass is 10.3. The van der Waals surface area contributed by atoms with Crippen molar-refractivity contribution in [2.45, 2.75) is 6.92 Å². The Kier molecular flexibility index (Phi) is 3.27. The number of amides is 2. The third-order valence-corrected chi connectivity index (χ3v) is 1.84. The molecule has 0 spiro atoms. The first-order valence-corrected chi connectivity index (χ1v) is 4.43. The van der Waals surface area contributed by atoms with E-state index in [1.807, 2.05) is 0 Å². The van der Waals surface area contributed by atoms with Crippen LogP contribution in [0.15, 0.2) is 6.07 Å². The minimum Gasteiger partial charge on any atom is -0.382 e. The number of carbonyl (C=O) groups is 2. The molecule has 0 fully saturated rings. The molecule has 0 radical (unpaired) electrons. The molecule has 1 rings (SSSR count). The molecule has 1 aromatic heterocycles. The number of nitrogens with zero attached hydrogens (tertiary/aromatic N) is 2. The average Bonchev–Trinajstić information content (AvgIpc) is 2.60. The van der Waals surface area contributed by atoms with Crippen LogP contribution < -0.4 is 11.5 Å². The predicted octanol–water partition coefficient (Wildman–Crippen LogP) is -1.06. The van der Waals surface area contributed by atoms with Crippen LogP contribution >= 0.6 is 0 Å². The van der Waals surface area contributed by atoms with Crippen molar-refractivity contribution < 1.29 is 9.59 Å². The van der Waals surface area contributed by atoms with Gasteiger partial charge in [0.05, 0.1) is 6.54 Å². The molecule has 0 saturated heterocycles. The largest absolute Gasteiger partial charge is 0.382 e. The molecule has 0 aromatic carbocycles. The van der Waals surface area contributed by atoms with E-state index in [-0.39, 0.29) is 24.0 Å². The molecule has 1 aromatic rings. The van der Waals surface area contributed by atoms with Crippen molar-refractivity contribution in [3.05, 3.63) is 11.8 Å². The zero-order valence-corrected chi connectivity index (χ0v) is 8.36. The SMILES string of the molecule is CCN(CC(N)=O)C(=O)c1cc(N)n[nH]1. The number of nitrogens with one attached hydrogen (secondary N) is 1. The van der Waals surface area contributed by atoms with Gasteiger partial charge in [-0.25, -0.2) is 0 Å². The first kappa shape index (κ1) is 11.0. The molecule has 0 aliphatic rings. The maximum absolute atomic E-state index is 11.7. The maximum Gasteiger partial charge on any atom is 0.272 e. The van der Waals surface area contributed by atoms with Gasteiger partial charge >= 0.3 is 0 Å². The minimum absolute atomic E-state index is 0.117. The molecule has 5 N–H and O–H groups in total. The van der Waals surface area contributed by atoms with E-state index in [2.05, 4.69) is 10.2 Å². The first-order chi connectivity index (χ1) is 7.04. The Labute approximate surface area is 86.4 Å². The molecule has 0 aliphatic heterocycles. The molecule has 7 nitrogen and oxygen atoms in total. The lowest BCUT2D eigenvalue weighted by Gasteiger charge is -2.17. The number of likely N-dealkylation sites (N-methyl/N-ethyl adjacent to an activating group) is 1. The smallest absolute Gasteiger partial charge is 0.272 e. The molecule has 0 bridgehead atoms. The second-order valence-electron chi connectivity index (χ2n) is 2.99. The van der Waals surface area contributed by atoms with E-state index in [1.165, 1.54) is 11.0 Å². The van der Waals surface area contributed by atoms with Crippen molar-refractivity contribution in [3.63, 3.8) is 0 Å². The molecule has 2 amide bonds. The zero-order valence-electron chi connectivity index (χ0n) is 8.36. The molecule has 1 heterocycles. The Morgan fingerprint density at radius 1 is 1.60 bits per heavy atom. The third kappa shape index (κ3) is 2.70. The van der Waals surface area contributed by atoms with Gasteiger partial charge in [-0.15, -0.1) is 0 Å². The van der Waals surface area contributed by atoms with Crippen molar-refractivity contribution in [2.24, 2.45) is 5.73 Å². The summed E-state index contributed by atoms with van der Waals surface area (Å²) in [6.07, 6.45) is 0. The highest BCUT2D eigenvalue weighted by atomic mass is 16.2. The molecule has 7 heteroatoms. The Balaban J connectivity index is 2.77. The van der Waals surface area contributed by atoms with Gasteiger partial charge in [0.2, 0.25) is 5.91 Å². The van der Waals surface area contributed by atoms with E-state index >= 15 is 0 Å². The van der Waals surface area contributed by atoms with Crippen LogP contribution in [0.25, 0.3) is 0 Å². The monoisotopic (exact) mass is 211 g/mol. The first-order valence-electron chi connectivity index (χ1n) is 4.43. The molecule has 0 atom stereocenters. The summed E-state index contributed by atoms with van der Waals surface area (Å²) in [6, 6.07) is 1.41. The van der Waals surface area contributed by atoms with Crippen LogP contribution in [0.4, 0.5) is 5.82 Å². The summed E-state index contributed by atoms with van der Waals surface area (Å²) in [5.74, 6) is -0.674. The number of hydrogen-bond acceptors (Lipinski definition) is 4. The number of nitrogen functional groups attached to an aromatic ring is 1. The quantitative estimate of drug-likeness (QED) is 0.588. The Hall–Kier alpha value is -2.05. The number of aromatic nitrogens is 2. The van der Waals surface area contributed by atoms with Gasteiger partial charge in [0.1, 0.15) is 11.5 Å². The standard InChI is InChI=1S/C8H13N5O2/c1-2-13(4-7(10)14)8(15)5-3-6(9)12-11-5/h3H,2,4H2,1H3,(H2,10,14)(H3,9,11,12). The van der Waals surface area contributed by atoms with E-state index in [9.17, 15) is 9.59 Å². The van der Waals surface area contributed by atoms with Gasteiger partial charge in [-0.05, 0) is 6.92 Å². The second-order valence-corrected chi connectivity index (χ2v) is 2.99. The van der Waals surface area contributed by atoms with E-state index in [0.717, 1.165) is 0 Å². The number of primary amides is 1. The normalized spacial score (nSPS) is 9.93. The topological polar surface area (TPSA) is 118 Å². The van der Waals surface area contributed by atoms with E-state index < -0.39 is 5.91 Å². The molecular formula is C8H13N5O2. The van der Waals surface area contributed by atoms with Crippen LogP contribution in [0.2, 0.25) is 0 Å². The number of aromatic amines is 1. The fraction of sp³-hybridized carbons (Fsp3) is 0.375. The van der Waals surface area contributed by atoms with Crippen LogP contribution in [0.5, 0.6) is 0 Å². The number of H-pyrrole nitrogens is 1. The zero-order chi connectivity index (χ0) is 11.4. The van der Waals surface area contributed by atoms with Crippen molar-refractivity contribution in [1.29, 1.82) is 0 Å². The van der Waals surface area contributed by atoms with Crippen LogP contribution in [-0.2, 0) is 4.79 Å². The number of rotatable bonds is 4. The molecule has 15 heavy (non-hydrogen) atoms. The lowest BCUT2D eigenvalue weighted by Crippen LogP contribution is -2.38. The molecule has 0 saturated carbocycles. The highest BCUT2D eigenvalue weighted by Gasteiger charge is 2.17. The van der Waals surface area contributed by atoms with Crippen molar-refractivity contribution >= 4 is 17.6 Å².